The summed E-state index contributed by atoms with van der Waals surface area (Å²) in [7, 11) is 0. The molecule has 1 saturated heterocycles. The van der Waals surface area contributed by atoms with Gasteiger partial charge in [-0.2, -0.15) is 0 Å². The number of likely N-dealkylation sites (N-methyl/N-ethyl adjacent to an activating group) is 1. The Kier molecular flexibility index (Phi) is 4.24. The van der Waals surface area contributed by atoms with Crippen LogP contribution in [0.1, 0.15) is 6.92 Å². The molecular formula is C8H17NO5. The van der Waals surface area contributed by atoms with E-state index >= 15 is 0 Å². The van der Waals surface area contributed by atoms with Gasteiger partial charge in [-0.1, -0.05) is 6.92 Å². The topological polar surface area (TPSA) is 102 Å². The van der Waals surface area contributed by atoms with E-state index in [1.807, 2.05) is 6.92 Å². The highest BCUT2D eigenvalue weighted by Crippen LogP contribution is 2.19. The Morgan fingerprint density at radius 3 is 2.36 bits per heavy atom. The zero-order valence-electron chi connectivity index (χ0n) is 8.00. The van der Waals surface area contributed by atoms with Gasteiger partial charge >= 0.3 is 0 Å². The van der Waals surface area contributed by atoms with Crippen LogP contribution >= 0.6 is 0 Å². The molecule has 0 aromatic rings. The van der Waals surface area contributed by atoms with Gasteiger partial charge in [0, 0.05) is 0 Å². The lowest BCUT2D eigenvalue weighted by molar-refractivity contribution is -0.254. The van der Waals surface area contributed by atoms with Crippen LogP contribution in [0.25, 0.3) is 0 Å². The second-order valence-corrected chi connectivity index (χ2v) is 3.31. The number of hydrogen-bond donors (Lipinski definition) is 5. The first-order chi connectivity index (χ1) is 6.61. The van der Waals surface area contributed by atoms with Crippen molar-refractivity contribution in [1.29, 1.82) is 0 Å². The lowest BCUT2D eigenvalue weighted by Crippen LogP contribution is -2.63. The number of ether oxygens (including phenoxy) is 1. The standard InChI is InChI=1S/C8H17NO5/c1-2-9-5-7(12)6(11)4(3-10)14-8(5)13/h4-13H,2-3H2,1H3. The van der Waals surface area contributed by atoms with E-state index in [1.54, 1.807) is 0 Å². The van der Waals surface area contributed by atoms with Crippen LogP contribution < -0.4 is 5.32 Å². The molecule has 6 heteroatoms. The van der Waals surface area contributed by atoms with Crippen LogP contribution in [0.15, 0.2) is 0 Å². The SMILES string of the molecule is CCNC1C(O)OC(CO)C(O)C1O. The van der Waals surface area contributed by atoms with Crippen molar-refractivity contribution in [3.8, 4) is 0 Å². The highest BCUT2D eigenvalue weighted by molar-refractivity contribution is 4.92. The maximum absolute atomic E-state index is 9.58. The summed E-state index contributed by atoms with van der Waals surface area (Å²) in [5, 5.41) is 40.0. The minimum atomic E-state index is -1.22. The third-order valence-corrected chi connectivity index (χ3v) is 2.34. The summed E-state index contributed by atoms with van der Waals surface area (Å²) in [4.78, 5) is 0. The number of rotatable bonds is 3. The Bertz CT molecular complexity index is 179. The maximum atomic E-state index is 9.58. The second kappa shape index (κ2) is 5.01. The Morgan fingerprint density at radius 2 is 1.86 bits per heavy atom. The Balaban J connectivity index is 2.63. The van der Waals surface area contributed by atoms with E-state index in [2.05, 4.69) is 5.32 Å². The van der Waals surface area contributed by atoms with Gasteiger partial charge in [0.2, 0.25) is 0 Å². The van der Waals surface area contributed by atoms with Gasteiger partial charge in [-0.05, 0) is 6.54 Å². The van der Waals surface area contributed by atoms with Crippen molar-refractivity contribution in [1.82, 2.24) is 5.32 Å². The molecule has 0 spiro atoms. The minimum Gasteiger partial charge on any atom is -0.394 e. The summed E-state index contributed by atoms with van der Waals surface area (Å²) in [5.74, 6) is 0. The van der Waals surface area contributed by atoms with Gasteiger partial charge in [-0.25, -0.2) is 0 Å². The molecule has 1 aliphatic heterocycles. The predicted octanol–water partition coefficient (Wildman–Crippen LogP) is -2.60. The van der Waals surface area contributed by atoms with Crippen molar-refractivity contribution in [2.24, 2.45) is 0 Å². The van der Waals surface area contributed by atoms with E-state index in [-0.39, 0.29) is 0 Å². The van der Waals surface area contributed by atoms with Crippen LogP contribution in [-0.2, 0) is 4.74 Å². The molecule has 14 heavy (non-hydrogen) atoms. The zero-order chi connectivity index (χ0) is 10.7. The first-order valence-electron chi connectivity index (χ1n) is 4.65. The van der Waals surface area contributed by atoms with Crippen LogP contribution in [0.3, 0.4) is 0 Å². The summed E-state index contributed by atoms with van der Waals surface area (Å²) >= 11 is 0. The number of nitrogens with one attached hydrogen (secondary N) is 1. The molecule has 0 aromatic carbocycles. The maximum Gasteiger partial charge on any atom is 0.173 e. The van der Waals surface area contributed by atoms with Gasteiger partial charge in [0.05, 0.1) is 12.6 Å². The molecule has 6 nitrogen and oxygen atoms in total. The van der Waals surface area contributed by atoms with Crippen LogP contribution in [0.2, 0.25) is 0 Å². The van der Waals surface area contributed by atoms with E-state index < -0.39 is 37.3 Å². The highest BCUT2D eigenvalue weighted by Gasteiger charge is 2.42. The average Bonchev–Trinajstić information content (AvgIpc) is 2.18. The molecular weight excluding hydrogens is 190 g/mol. The van der Waals surface area contributed by atoms with Crippen LogP contribution in [-0.4, -0.2) is 64.2 Å². The van der Waals surface area contributed by atoms with Crippen molar-refractivity contribution in [2.45, 2.75) is 37.6 Å². The summed E-state index contributed by atoms with van der Waals surface area (Å²) in [5.41, 5.74) is 0. The molecule has 1 heterocycles. The number of hydrogen-bond acceptors (Lipinski definition) is 6. The summed E-state index contributed by atoms with van der Waals surface area (Å²) in [6.07, 6.45) is -4.48. The van der Waals surface area contributed by atoms with Crippen molar-refractivity contribution >= 4 is 0 Å². The van der Waals surface area contributed by atoms with Gasteiger partial charge in [0.1, 0.15) is 18.3 Å². The molecule has 5 unspecified atom stereocenters. The van der Waals surface area contributed by atoms with Crippen LogP contribution in [0, 0.1) is 0 Å². The number of aliphatic hydroxyl groups is 4. The summed E-state index contributed by atoms with van der Waals surface area (Å²) < 4.78 is 4.92. The lowest BCUT2D eigenvalue weighted by atomic mass is 9.97. The third kappa shape index (κ3) is 2.22. The van der Waals surface area contributed by atoms with E-state index in [4.69, 9.17) is 9.84 Å². The van der Waals surface area contributed by atoms with Gasteiger partial charge in [-0.15, -0.1) is 0 Å². The molecule has 0 amide bonds. The molecule has 0 aliphatic carbocycles. The smallest absolute Gasteiger partial charge is 0.173 e. The normalized spacial score (nSPS) is 43.9. The fraction of sp³-hybridized carbons (Fsp3) is 1.00. The molecule has 5 atom stereocenters. The Morgan fingerprint density at radius 1 is 1.21 bits per heavy atom. The van der Waals surface area contributed by atoms with E-state index in [0.717, 1.165) is 0 Å². The monoisotopic (exact) mass is 207 g/mol. The summed E-state index contributed by atoms with van der Waals surface area (Å²) in [6, 6.07) is -0.724. The molecule has 84 valence electrons. The number of aliphatic hydroxyl groups excluding tert-OH is 4. The van der Waals surface area contributed by atoms with Gasteiger partial charge in [0.25, 0.3) is 0 Å². The molecule has 0 aromatic heterocycles. The fourth-order valence-corrected chi connectivity index (χ4v) is 1.55. The van der Waals surface area contributed by atoms with Crippen LogP contribution in [0.5, 0.6) is 0 Å². The predicted molar refractivity (Wildman–Crippen MR) is 47.4 cm³/mol. The quantitative estimate of drug-likeness (QED) is 0.348. The van der Waals surface area contributed by atoms with Crippen molar-refractivity contribution in [3.63, 3.8) is 0 Å². The molecule has 5 N–H and O–H groups in total. The zero-order valence-corrected chi connectivity index (χ0v) is 8.00. The molecule has 1 fully saturated rings. The second-order valence-electron chi connectivity index (χ2n) is 3.31. The van der Waals surface area contributed by atoms with E-state index in [9.17, 15) is 15.3 Å². The molecule has 1 aliphatic rings. The van der Waals surface area contributed by atoms with Crippen LogP contribution in [0.4, 0.5) is 0 Å². The molecule has 1 rings (SSSR count). The Hall–Kier alpha value is -0.240. The minimum absolute atomic E-state index is 0.436. The first kappa shape index (κ1) is 11.8. The molecule has 0 saturated carbocycles. The average molecular weight is 207 g/mol. The third-order valence-electron chi connectivity index (χ3n) is 2.34. The van der Waals surface area contributed by atoms with Crippen molar-refractivity contribution in [3.05, 3.63) is 0 Å². The van der Waals surface area contributed by atoms with E-state index in [0.29, 0.717) is 6.54 Å². The Labute approximate surface area is 82.1 Å². The van der Waals surface area contributed by atoms with Gasteiger partial charge in [0.15, 0.2) is 6.29 Å². The molecule has 0 radical (unpaired) electrons. The van der Waals surface area contributed by atoms with Gasteiger partial charge in [-0.3, -0.25) is 0 Å². The van der Waals surface area contributed by atoms with Crippen molar-refractivity contribution in [2.75, 3.05) is 13.2 Å². The summed E-state index contributed by atoms with van der Waals surface area (Å²) in [6.45, 7) is 1.91. The van der Waals surface area contributed by atoms with Gasteiger partial charge < -0.3 is 30.5 Å². The largest absolute Gasteiger partial charge is 0.394 e. The first-order valence-corrected chi connectivity index (χ1v) is 4.65. The van der Waals surface area contributed by atoms with E-state index in [1.165, 1.54) is 0 Å². The lowest BCUT2D eigenvalue weighted by Gasteiger charge is -2.40. The molecule has 0 bridgehead atoms. The highest BCUT2D eigenvalue weighted by atomic mass is 16.6. The van der Waals surface area contributed by atoms with Crippen molar-refractivity contribution < 1.29 is 25.2 Å². The fourth-order valence-electron chi connectivity index (χ4n) is 1.55.